The molecule has 92 valence electrons. The summed E-state index contributed by atoms with van der Waals surface area (Å²) in [5.74, 6) is 0.146. The number of likely N-dealkylation sites (tertiary alicyclic amines) is 1. The first-order chi connectivity index (χ1) is 8.25. The first kappa shape index (κ1) is 12.1. The van der Waals surface area contributed by atoms with Gasteiger partial charge in [-0.15, -0.1) is 0 Å². The number of hydrogen-bond donors (Lipinski definition) is 2. The molecule has 1 heterocycles. The smallest absolute Gasteiger partial charge is 0.122 e. The van der Waals surface area contributed by atoms with Gasteiger partial charge in [0.1, 0.15) is 5.84 Å². The number of amidine groups is 1. The Hall–Kier alpha value is -1.35. The van der Waals surface area contributed by atoms with Crippen LogP contribution in [0.25, 0.3) is 0 Å². The van der Waals surface area contributed by atoms with Gasteiger partial charge in [0, 0.05) is 12.1 Å². The van der Waals surface area contributed by atoms with Crippen LogP contribution < -0.4 is 5.73 Å². The molecule has 0 saturated carbocycles. The Kier molecular flexibility index (Phi) is 4.15. The molecule has 1 aliphatic heterocycles. The van der Waals surface area contributed by atoms with Crippen LogP contribution in [-0.2, 0) is 6.42 Å². The van der Waals surface area contributed by atoms with Crippen LogP contribution in [0.5, 0.6) is 0 Å². The first-order valence-corrected chi connectivity index (χ1v) is 6.41. The second-order valence-electron chi connectivity index (χ2n) is 4.76. The predicted molar refractivity (Wildman–Crippen MR) is 71.5 cm³/mol. The molecule has 0 bridgehead atoms. The molecule has 0 unspecified atom stereocenters. The molecule has 0 atom stereocenters. The lowest BCUT2D eigenvalue weighted by Gasteiger charge is -2.26. The van der Waals surface area contributed by atoms with E-state index in [1.165, 1.54) is 37.9 Å². The van der Waals surface area contributed by atoms with E-state index in [0.29, 0.717) is 0 Å². The van der Waals surface area contributed by atoms with Crippen molar-refractivity contribution in [1.82, 2.24) is 4.90 Å². The van der Waals surface area contributed by atoms with Crippen molar-refractivity contribution in [3.8, 4) is 0 Å². The van der Waals surface area contributed by atoms with Crippen LogP contribution in [0, 0.1) is 5.41 Å². The topological polar surface area (TPSA) is 53.1 Å². The van der Waals surface area contributed by atoms with Gasteiger partial charge in [0.15, 0.2) is 0 Å². The van der Waals surface area contributed by atoms with E-state index in [0.717, 1.165) is 18.5 Å². The van der Waals surface area contributed by atoms with Gasteiger partial charge in [-0.05, 0) is 37.9 Å². The van der Waals surface area contributed by atoms with Gasteiger partial charge in [0.25, 0.3) is 0 Å². The van der Waals surface area contributed by atoms with Crippen LogP contribution in [0.4, 0.5) is 0 Å². The molecule has 0 radical (unpaired) electrons. The predicted octanol–water partition coefficient (Wildman–Crippen LogP) is 2.00. The number of nitrogens with one attached hydrogen (secondary N) is 1. The number of benzene rings is 1. The summed E-state index contributed by atoms with van der Waals surface area (Å²) in [5.41, 5.74) is 7.58. The first-order valence-electron chi connectivity index (χ1n) is 6.41. The molecule has 17 heavy (non-hydrogen) atoms. The summed E-state index contributed by atoms with van der Waals surface area (Å²) in [6.45, 7) is 3.66. The van der Waals surface area contributed by atoms with Gasteiger partial charge in [-0.1, -0.05) is 30.7 Å². The lowest BCUT2D eigenvalue weighted by atomic mass is 10.1. The molecule has 3 N–H and O–H groups in total. The van der Waals surface area contributed by atoms with E-state index in [1.54, 1.807) is 0 Å². The minimum absolute atomic E-state index is 0.146. The molecular weight excluding hydrogens is 210 g/mol. The van der Waals surface area contributed by atoms with E-state index in [-0.39, 0.29) is 5.84 Å². The minimum Gasteiger partial charge on any atom is -0.384 e. The molecule has 3 nitrogen and oxygen atoms in total. The average molecular weight is 231 g/mol. The van der Waals surface area contributed by atoms with Gasteiger partial charge < -0.3 is 10.6 Å². The van der Waals surface area contributed by atoms with Gasteiger partial charge in [0.05, 0.1) is 0 Å². The highest BCUT2D eigenvalue weighted by atomic mass is 15.1. The molecule has 1 aliphatic rings. The van der Waals surface area contributed by atoms with Crippen molar-refractivity contribution in [1.29, 1.82) is 5.41 Å². The van der Waals surface area contributed by atoms with Gasteiger partial charge >= 0.3 is 0 Å². The van der Waals surface area contributed by atoms with Crippen LogP contribution in [0.3, 0.4) is 0 Å². The fourth-order valence-electron chi connectivity index (χ4n) is 2.32. The molecule has 2 rings (SSSR count). The maximum Gasteiger partial charge on any atom is 0.122 e. The Labute approximate surface area is 103 Å². The highest BCUT2D eigenvalue weighted by Gasteiger charge is 2.09. The number of nitrogens with zero attached hydrogens (tertiary/aromatic N) is 1. The lowest BCUT2D eigenvalue weighted by Crippen LogP contribution is -2.31. The fourth-order valence-corrected chi connectivity index (χ4v) is 2.32. The van der Waals surface area contributed by atoms with Gasteiger partial charge in [-0.25, -0.2) is 0 Å². The van der Waals surface area contributed by atoms with Crippen LogP contribution in [-0.4, -0.2) is 30.4 Å². The van der Waals surface area contributed by atoms with Crippen molar-refractivity contribution in [3.05, 3.63) is 35.4 Å². The normalized spacial score (nSPS) is 16.9. The zero-order valence-corrected chi connectivity index (χ0v) is 10.3. The maximum atomic E-state index is 7.34. The number of hydrogen-bond acceptors (Lipinski definition) is 2. The molecule has 0 aromatic heterocycles. The highest BCUT2D eigenvalue weighted by Crippen LogP contribution is 2.10. The Morgan fingerprint density at radius 2 is 1.76 bits per heavy atom. The second kappa shape index (κ2) is 5.82. The van der Waals surface area contributed by atoms with E-state index in [2.05, 4.69) is 17.0 Å². The summed E-state index contributed by atoms with van der Waals surface area (Å²) in [7, 11) is 0. The molecule has 0 aliphatic carbocycles. The third kappa shape index (κ3) is 3.56. The monoisotopic (exact) mass is 231 g/mol. The Balaban J connectivity index is 1.84. The van der Waals surface area contributed by atoms with Crippen molar-refractivity contribution in [3.63, 3.8) is 0 Å². The van der Waals surface area contributed by atoms with Crippen molar-refractivity contribution in [2.75, 3.05) is 19.6 Å². The number of nitrogen functional groups attached to an aromatic ring is 1. The van der Waals surface area contributed by atoms with Crippen LogP contribution in [0.15, 0.2) is 24.3 Å². The van der Waals surface area contributed by atoms with Crippen molar-refractivity contribution in [2.45, 2.75) is 25.7 Å². The van der Waals surface area contributed by atoms with E-state index in [4.69, 9.17) is 11.1 Å². The summed E-state index contributed by atoms with van der Waals surface area (Å²) in [4.78, 5) is 2.54. The molecule has 0 spiro atoms. The Bertz CT molecular complexity index is 364. The fraction of sp³-hybridized carbons (Fsp3) is 0.500. The standard InChI is InChI=1S/C14H21N3/c15-14(16)13-6-4-12(5-7-13)8-11-17-9-2-1-3-10-17/h4-7H,1-3,8-11H2,(H3,15,16). The average Bonchev–Trinajstić information content (AvgIpc) is 2.38. The van der Waals surface area contributed by atoms with Crippen LogP contribution in [0.1, 0.15) is 30.4 Å². The second-order valence-corrected chi connectivity index (χ2v) is 4.76. The van der Waals surface area contributed by atoms with Gasteiger partial charge in [-0.2, -0.15) is 0 Å². The summed E-state index contributed by atoms with van der Waals surface area (Å²) in [6.07, 6.45) is 5.19. The molecule has 1 saturated heterocycles. The van der Waals surface area contributed by atoms with Crippen molar-refractivity contribution in [2.24, 2.45) is 5.73 Å². The van der Waals surface area contributed by atoms with Gasteiger partial charge in [-0.3, -0.25) is 5.41 Å². The lowest BCUT2D eigenvalue weighted by molar-refractivity contribution is 0.231. The Morgan fingerprint density at radius 3 is 2.35 bits per heavy atom. The highest BCUT2D eigenvalue weighted by molar-refractivity contribution is 5.94. The molecule has 1 aromatic rings. The van der Waals surface area contributed by atoms with Crippen molar-refractivity contribution >= 4 is 5.84 Å². The molecule has 1 aromatic carbocycles. The van der Waals surface area contributed by atoms with Crippen molar-refractivity contribution < 1.29 is 0 Å². The third-order valence-electron chi connectivity index (χ3n) is 3.43. The third-order valence-corrected chi connectivity index (χ3v) is 3.43. The largest absolute Gasteiger partial charge is 0.384 e. The number of piperidine rings is 1. The molecular formula is C14H21N3. The van der Waals surface area contributed by atoms with E-state index < -0.39 is 0 Å². The summed E-state index contributed by atoms with van der Waals surface area (Å²) in [6, 6.07) is 8.04. The maximum absolute atomic E-state index is 7.34. The van der Waals surface area contributed by atoms with E-state index >= 15 is 0 Å². The SMILES string of the molecule is N=C(N)c1ccc(CCN2CCCCC2)cc1. The number of rotatable bonds is 4. The molecule has 3 heteroatoms. The zero-order chi connectivity index (χ0) is 12.1. The Morgan fingerprint density at radius 1 is 1.12 bits per heavy atom. The van der Waals surface area contributed by atoms with E-state index in [1.807, 2.05) is 12.1 Å². The summed E-state index contributed by atoms with van der Waals surface area (Å²) >= 11 is 0. The van der Waals surface area contributed by atoms with E-state index in [9.17, 15) is 0 Å². The number of nitrogens with two attached hydrogens (primary N) is 1. The van der Waals surface area contributed by atoms with Gasteiger partial charge in [0.2, 0.25) is 0 Å². The molecule has 1 fully saturated rings. The minimum atomic E-state index is 0.146. The van der Waals surface area contributed by atoms with Crippen LogP contribution in [0.2, 0.25) is 0 Å². The van der Waals surface area contributed by atoms with Crippen LogP contribution >= 0.6 is 0 Å². The quantitative estimate of drug-likeness (QED) is 0.615. The summed E-state index contributed by atoms with van der Waals surface area (Å²) in [5, 5.41) is 7.34. The molecule has 0 amide bonds. The summed E-state index contributed by atoms with van der Waals surface area (Å²) < 4.78 is 0. The zero-order valence-electron chi connectivity index (χ0n) is 10.3.